The summed E-state index contributed by atoms with van der Waals surface area (Å²) in [7, 11) is 0. The molecule has 120 valence electrons. The highest BCUT2D eigenvalue weighted by Gasteiger charge is 2.24. The molecule has 4 nitrogen and oxygen atoms in total. The second kappa shape index (κ2) is 6.21. The van der Waals surface area contributed by atoms with E-state index in [1.165, 1.54) is 23.2 Å². The van der Waals surface area contributed by atoms with E-state index in [-0.39, 0.29) is 0 Å². The second-order valence-corrected chi connectivity index (χ2v) is 7.47. The number of benzene rings is 1. The summed E-state index contributed by atoms with van der Waals surface area (Å²) in [6.07, 6.45) is 5.75. The summed E-state index contributed by atoms with van der Waals surface area (Å²) in [4.78, 5) is 5.64. The molecule has 2 aromatic heterocycles. The van der Waals surface area contributed by atoms with Crippen LogP contribution in [0, 0.1) is 11.3 Å². The lowest BCUT2D eigenvalue weighted by atomic mass is 9.96. The molecule has 4 rings (SSSR count). The summed E-state index contributed by atoms with van der Waals surface area (Å²) in [6.45, 7) is 0. The van der Waals surface area contributed by atoms with Crippen LogP contribution in [0.3, 0.4) is 0 Å². The zero-order chi connectivity index (χ0) is 16.7. The molecule has 24 heavy (non-hydrogen) atoms. The number of hydrogen-bond acceptors (Lipinski definition) is 4. The highest BCUT2D eigenvalue weighted by molar-refractivity contribution is 7.15. The Morgan fingerprint density at radius 1 is 1.21 bits per heavy atom. The Hall–Kier alpha value is -1.87. The zero-order valence-corrected chi connectivity index (χ0v) is 14.9. The fourth-order valence-corrected chi connectivity index (χ4v) is 4.75. The van der Waals surface area contributed by atoms with Gasteiger partial charge in [-0.1, -0.05) is 29.3 Å². The largest absolute Gasteiger partial charge is 0.215 e. The van der Waals surface area contributed by atoms with Crippen LogP contribution in [0.25, 0.3) is 16.4 Å². The standard InChI is InChI=1S/C17H12Cl2N4S/c18-13-6-3-5-11(15(13)19)16-21-9-22-23(16)17-12(8-20)10-4-1-2-7-14(10)24-17/h3,5-6,9H,1-2,4,7H2. The Morgan fingerprint density at radius 3 is 2.88 bits per heavy atom. The van der Waals surface area contributed by atoms with Crippen molar-refractivity contribution in [3.05, 3.63) is 50.6 Å². The summed E-state index contributed by atoms with van der Waals surface area (Å²) < 4.78 is 1.71. The molecule has 0 unspecified atom stereocenters. The molecular formula is C17H12Cl2N4S. The van der Waals surface area contributed by atoms with Gasteiger partial charge in [0.05, 0.1) is 15.6 Å². The van der Waals surface area contributed by atoms with Crippen molar-refractivity contribution in [1.29, 1.82) is 5.26 Å². The summed E-state index contributed by atoms with van der Waals surface area (Å²) in [6, 6.07) is 7.78. The number of nitrogens with zero attached hydrogens (tertiary/aromatic N) is 4. The minimum Gasteiger partial charge on any atom is -0.215 e. The van der Waals surface area contributed by atoms with Gasteiger partial charge in [-0.25, -0.2) is 9.67 Å². The van der Waals surface area contributed by atoms with Crippen LogP contribution in [0.5, 0.6) is 0 Å². The highest BCUT2D eigenvalue weighted by atomic mass is 35.5. The Balaban J connectivity index is 1.92. The van der Waals surface area contributed by atoms with Crippen molar-refractivity contribution in [2.45, 2.75) is 25.7 Å². The fourth-order valence-electron chi connectivity index (χ4n) is 3.07. The van der Waals surface area contributed by atoms with Crippen molar-refractivity contribution < 1.29 is 0 Å². The van der Waals surface area contributed by atoms with E-state index in [0.29, 0.717) is 27.0 Å². The number of thiophene rings is 1. The van der Waals surface area contributed by atoms with Gasteiger partial charge in [-0.05, 0) is 43.4 Å². The quantitative estimate of drug-likeness (QED) is 0.630. The molecule has 7 heteroatoms. The minimum atomic E-state index is 0.438. The molecule has 1 aliphatic carbocycles. The monoisotopic (exact) mass is 374 g/mol. The van der Waals surface area contributed by atoms with Gasteiger partial charge in [0.1, 0.15) is 17.4 Å². The SMILES string of the molecule is N#Cc1c(-n2ncnc2-c2cccc(Cl)c2Cl)sc2c1CCCC2. The van der Waals surface area contributed by atoms with Crippen LogP contribution >= 0.6 is 34.5 Å². The van der Waals surface area contributed by atoms with E-state index < -0.39 is 0 Å². The van der Waals surface area contributed by atoms with E-state index >= 15 is 0 Å². The fraction of sp³-hybridized carbons (Fsp3) is 0.235. The van der Waals surface area contributed by atoms with Crippen LogP contribution in [0.1, 0.15) is 28.8 Å². The number of halogens is 2. The number of aryl methyl sites for hydroxylation is 1. The number of nitriles is 1. The minimum absolute atomic E-state index is 0.438. The van der Waals surface area contributed by atoms with Gasteiger partial charge in [-0.3, -0.25) is 0 Å². The molecule has 0 saturated heterocycles. The van der Waals surface area contributed by atoms with Gasteiger partial charge in [-0.2, -0.15) is 10.4 Å². The van der Waals surface area contributed by atoms with Crippen LogP contribution < -0.4 is 0 Å². The molecule has 0 bridgehead atoms. The topological polar surface area (TPSA) is 54.5 Å². The predicted molar refractivity (Wildman–Crippen MR) is 96.0 cm³/mol. The Bertz CT molecular complexity index is 968. The number of fused-ring (bicyclic) bond motifs is 1. The smallest absolute Gasteiger partial charge is 0.165 e. The molecule has 0 saturated carbocycles. The Kier molecular flexibility index (Phi) is 4.05. The normalized spacial score (nSPS) is 13.5. The lowest BCUT2D eigenvalue weighted by Gasteiger charge is -2.09. The number of aromatic nitrogens is 3. The Labute approximate surface area is 153 Å². The molecule has 0 radical (unpaired) electrons. The third-order valence-electron chi connectivity index (χ3n) is 4.20. The van der Waals surface area contributed by atoms with Gasteiger partial charge in [0.25, 0.3) is 0 Å². The zero-order valence-electron chi connectivity index (χ0n) is 12.6. The maximum atomic E-state index is 9.67. The summed E-state index contributed by atoms with van der Waals surface area (Å²) >= 11 is 14.1. The summed E-state index contributed by atoms with van der Waals surface area (Å²) in [5, 5.41) is 15.7. The van der Waals surface area contributed by atoms with E-state index in [2.05, 4.69) is 16.2 Å². The maximum Gasteiger partial charge on any atom is 0.165 e. The predicted octanol–water partition coefficient (Wildman–Crippen LogP) is 5.05. The molecular weight excluding hydrogens is 363 g/mol. The Morgan fingerprint density at radius 2 is 2.04 bits per heavy atom. The van der Waals surface area contributed by atoms with Crippen molar-refractivity contribution in [3.8, 4) is 22.5 Å². The molecule has 0 amide bonds. The number of hydrogen-bond donors (Lipinski definition) is 0. The summed E-state index contributed by atoms with van der Waals surface area (Å²) in [5.74, 6) is 0.595. The van der Waals surface area contributed by atoms with Crippen LogP contribution in [0.4, 0.5) is 0 Å². The van der Waals surface area contributed by atoms with Gasteiger partial charge in [0.2, 0.25) is 0 Å². The lowest BCUT2D eigenvalue weighted by Crippen LogP contribution is -2.02. The van der Waals surface area contributed by atoms with Gasteiger partial charge in [-0.15, -0.1) is 11.3 Å². The molecule has 0 spiro atoms. The molecule has 0 fully saturated rings. The van der Waals surface area contributed by atoms with Gasteiger partial charge < -0.3 is 0 Å². The number of rotatable bonds is 2. The average molecular weight is 375 g/mol. The first-order valence-corrected chi connectivity index (χ1v) is 9.17. The van der Waals surface area contributed by atoms with Crippen LogP contribution in [-0.4, -0.2) is 14.8 Å². The molecule has 0 atom stereocenters. The van der Waals surface area contributed by atoms with Crippen molar-refractivity contribution >= 4 is 34.5 Å². The molecule has 2 heterocycles. The van der Waals surface area contributed by atoms with E-state index in [0.717, 1.165) is 24.3 Å². The van der Waals surface area contributed by atoms with Crippen molar-refractivity contribution in [2.24, 2.45) is 0 Å². The molecule has 0 aliphatic heterocycles. The van der Waals surface area contributed by atoms with Crippen LogP contribution in [0.2, 0.25) is 10.0 Å². The van der Waals surface area contributed by atoms with Gasteiger partial charge >= 0.3 is 0 Å². The summed E-state index contributed by atoms with van der Waals surface area (Å²) in [5.41, 5.74) is 2.58. The second-order valence-electron chi connectivity index (χ2n) is 5.60. The first-order chi connectivity index (χ1) is 11.7. The van der Waals surface area contributed by atoms with Crippen LogP contribution in [0.15, 0.2) is 24.5 Å². The first kappa shape index (κ1) is 15.6. The maximum absolute atomic E-state index is 9.67. The average Bonchev–Trinajstić information content (AvgIpc) is 3.20. The third kappa shape index (κ3) is 2.42. The molecule has 1 aliphatic rings. The van der Waals surface area contributed by atoms with Crippen molar-refractivity contribution in [3.63, 3.8) is 0 Å². The van der Waals surface area contributed by atoms with Crippen LogP contribution in [-0.2, 0) is 12.8 Å². The molecule has 3 aromatic rings. The van der Waals surface area contributed by atoms with E-state index in [9.17, 15) is 5.26 Å². The highest BCUT2D eigenvalue weighted by Crippen LogP contribution is 2.39. The van der Waals surface area contributed by atoms with Gasteiger partial charge in [0, 0.05) is 10.4 Å². The van der Waals surface area contributed by atoms with Crippen molar-refractivity contribution in [1.82, 2.24) is 14.8 Å². The van der Waals surface area contributed by atoms with Gasteiger partial charge in [0.15, 0.2) is 5.82 Å². The van der Waals surface area contributed by atoms with E-state index in [1.54, 1.807) is 22.1 Å². The van der Waals surface area contributed by atoms with Crippen molar-refractivity contribution in [2.75, 3.05) is 0 Å². The van der Waals surface area contributed by atoms with E-state index in [1.807, 2.05) is 12.1 Å². The third-order valence-corrected chi connectivity index (χ3v) is 6.28. The molecule has 1 aromatic carbocycles. The molecule has 0 N–H and O–H groups in total. The first-order valence-electron chi connectivity index (χ1n) is 7.60. The lowest BCUT2D eigenvalue weighted by molar-refractivity contribution is 0.695. The van der Waals surface area contributed by atoms with E-state index in [4.69, 9.17) is 23.2 Å².